The molecule has 5 heteroatoms. The Labute approximate surface area is 124 Å². The van der Waals surface area contributed by atoms with Crippen LogP contribution < -0.4 is 11.1 Å². The number of hydrogen-bond donors (Lipinski definition) is 2. The molecule has 0 fully saturated rings. The van der Waals surface area contributed by atoms with E-state index in [4.69, 9.17) is 17.3 Å². The standard InChI is InChI=1S/C14H12BrClN2O/c1-8-6-9(17)2-4-11(8)14(19)18-10-3-5-12(15)13(16)7-10/h2-7H,17H2,1H3,(H,18,19). The van der Waals surface area contributed by atoms with E-state index in [-0.39, 0.29) is 5.91 Å². The minimum atomic E-state index is -0.184. The van der Waals surface area contributed by atoms with Gasteiger partial charge in [-0.15, -0.1) is 0 Å². The molecule has 0 saturated heterocycles. The number of nitrogen functional groups attached to an aromatic ring is 1. The van der Waals surface area contributed by atoms with Crippen molar-refractivity contribution >= 4 is 44.8 Å². The van der Waals surface area contributed by atoms with Crippen molar-refractivity contribution in [1.82, 2.24) is 0 Å². The largest absolute Gasteiger partial charge is 0.399 e. The fraction of sp³-hybridized carbons (Fsp3) is 0.0714. The van der Waals surface area contributed by atoms with Crippen molar-refractivity contribution in [3.05, 3.63) is 57.0 Å². The maximum atomic E-state index is 12.1. The van der Waals surface area contributed by atoms with Crippen molar-refractivity contribution in [2.45, 2.75) is 6.92 Å². The van der Waals surface area contributed by atoms with Gasteiger partial charge in [-0.05, 0) is 64.8 Å². The van der Waals surface area contributed by atoms with Crippen LogP contribution in [-0.4, -0.2) is 5.91 Å². The average molecular weight is 340 g/mol. The highest BCUT2D eigenvalue weighted by atomic mass is 79.9. The molecule has 1 amide bonds. The summed E-state index contributed by atoms with van der Waals surface area (Å²) in [6.45, 7) is 1.85. The van der Waals surface area contributed by atoms with Crippen LogP contribution in [0.4, 0.5) is 11.4 Å². The van der Waals surface area contributed by atoms with Crippen LogP contribution in [0.3, 0.4) is 0 Å². The molecule has 0 heterocycles. The van der Waals surface area contributed by atoms with Crippen LogP contribution in [0, 0.1) is 6.92 Å². The number of nitrogens with two attached hydrogens (primary N) is 1. The van der Waals surface area contributed by atoms with E-state index in [1.54, 1.807) is 36.4 Å². The van der Waals surface area contributed by atoms with Crippen LogP contribution in [-0.2, 0) is 0 Å². The molecule has 2 aromatic rings. The van der Waals surface area contributed by atoms with Gasteiger partial charge in [-0.2, -0.15) is 0 Å². The van der Waals surface area contributed by atoms with Gasteiger partial charge in [0.25, 0.3) is 5.91 Å². The van der Waals surface area contributed by atoms with Crippen molar-refractivity contribution in [1.29, 1.82) is 0 Å². The van der Waals surface area contributed by atoms with Crippen molar-refractivity contribution < 1.29 is 4.79 Å². The number of hydrogen-bond acceptors (Lipinski definition) is 2. The fourth-order valence-electron chi connectivity index (χ4n) is 1.71. The molecule has 0 aromatic heterocycles. The third kappa shape index (κ3) is 3.28. The third-order valence-electron chi connectivity index (χ3n) is 2.67. The number of benzene rings is 2. The van der Waals surface area contributed by atoms with E-state index in [9.17, 15) is 4.79 Å². The molecule has 3 nitrogen and oxygen atoms in total. The van der Waals surface area contributed by atoms with Gasteiger partial charge >= 0.3 is 0 Å². The molecular formula is C14H12BrClN2O. The lowest BCUT2D eigenvalue weighted by Crippen LogP contribution is -2.13. The van der Waals surface area contributed by atoms with Gasteiger partial charge in [-0.1, -0.05) is 11.6 Å². The van der Waals surface area contributed by atoms with E-state index in [0.717, 1.165) is 10.0 Å². The van der Waals surface area contributed by atoms with Gasteiger partial charge in [0.05, 0.1) is 5.02 Å². The Kier molecular flexibility index (Phi) is 4.12. The molecule has 2 aromatic carbocycles. The zero-order chi connectivity index (χ0) is 14.0. The van der Waals surface area contributed by atoms with E-state index in [1.165, 1.54) is 0 Å². The molecule has 19 heavy (non-hydrogen) atoms. The summed E-state index contributed by atoms with van der Waals surface area (Å²) in [4.78, 5) is 12.1. The first-order valence-corrected chi connectivity index (χ1v) is 6.77. The number of halogens is 2. The SMILES string of the molecule is Cc1cc(N)ccc1C(=O)Nc1ccc(Br)c(Cl)c1. The van der Waals surface area contributed by atoms with Crippen molar-refractivity contribution in [3.63, 3.8) is 0 Å². The van der Waals surface area contributed by atoms with Crippen LogP contribution in [0.2, 0.25) is 5.02 Å². The molecule has 0 saturated carbocycles. The molecule has 0 atom stereocenters. The Balaban J connectivity index is 2.23. The highest BCUT2D eigenvalue weighted by molar-refractivity contribution is 9.10. The quantitative estimate of drug-likeness (QED) is 0.804. The number of carbonyl (C=O) groups is 1. The molecule has 98 valence electrons. The summed E-state index contributed by atoms with van der Waals surface area (Å²) in [6.07, 6.45) is 0. The summed E-state index contributed by atoms with van der Waals surface area (Å²) >= 11 is 9.28. The molecule has 0 bridgehead atoms. The average Bonchev–Trinajstić information content (AvgIpc) is 2.33. The Morgan fingerprint density at radius 3 is 2.63 bits per heavy atom. The second-order valence-electron chi connectivity index (χ2n) is 4.16. The van der Waals surface area contributed by atoms with Crippen LogP contribution >= 0.6 is 27.5 Å². The number of anilines is 2. The van der Waals surface area contributed by atoms with Crippen LogP contribution in [0.1, 0.15) is 15.9 Å². The Morgan fingerprint density at radius 2 is 2.00 bits per heavy atom. The summed E-state index contributed by atoms with van der Waals surface area (Å²) in [5.74, 6) is -0.184. The molecule has 0 aliphatic carbocycles. The van der Waals surface area contributed by atoms with Gasteiger partial charge in [0.1, 0.15) is 0 Å². The summed E-state index contributed by atoms with van der Waals surface area (Å²) in [7, 11) is 0. The van der Waals surface area contributed by atoms with Gasteiger partial charge in [0, 0.05) is 21.4 Å². The van der Waals surface area contributed by atoms with Crippen molar-refractivity contribution in [2.24, 2.45) is 0 Å². The van der Waals surface area contributed by atoms with Crippen molar-refractivity contribution in [3.8, 4) is 0 Å². The lowest BCUT2D eigenvalue weighted by Gasteiger charge is -2.09. The van der Waals surface area contributed by atoms with Gasteiger partial charge in [-0.25, -0.2) is 0 Å². The minimum Gasteiger partial charge on any atom is -0.399 e. The predicted molar refractivity (Wildman–Crippen MR) is 82.7 cm³/mol. The molecule has 0 spiro atoms. The Bertz CT molecular complexity index is 643. The number of nitrogens with one attached hydrogen (secondary N) is 1. The van der Waals surface area contributed by atoms with E-state index in [2.05, 4.69) is 21.2 Å². The predicted octanol–water partition coefficient (Wildman–Crippen LogP) is 4.25. The number of rotatable bonds is 2. The summed E-state index contributed by atoms with van der Waals surface area (Å²) in [5, 5.41) is 3.35. The molecule has 0 radical (unpaired) electrons. The first kappa shape index (κ1) is 13.9. The van der Waals surface area contributed by atoms with Gasteiger partial charge < -0.3 is 11.1 Å². The zero-order valence-electron chi connectivity index (χ0n) is 10.2. The third-order valence-corrected chi connectivity index (χ3v) is 3.91. The minimum absolute atomic E-state index is 0.184. The highest BCUT2D eigenvalue weighted by Gasteiger charge is 2.10. The lowest BCUT2D eigenvalue weighted by molar-refractivity contribution is 0.102. The normalized spacial score (nSPS) is 10.3. The highest BCUT2D eigenvalue weighted by Crippen LogP contribution is 2.26. The number of aryl methyl sites for hydroxylation is 1. The van der Waals surface area contributed by atoms with E-state index < -0.39 is 0 Å². The van der Waals surface area contributed by atoms with Gasteiger partial charge in [0.15, 0.2) is 0 Å². The Morgan fingerprint density at radius 1 is 1.26 bits per heavy atom. The topological polar surface area (TPSA) is 55.1 Å². The zero-order valence-corrected chi connectivity index (χ0v) is 12.5. The second kappa shape index (κ2) is 5.63. The summed E-state index contributed by atoms with van der Waals surface area (Å²) in [6, 6.07) is 10.4. The number of carbonyl (C=O) groups excluding carboxylic acids is 1. The number of amides is 1. The molecule has 0 unspecified atom stereocenters. The smallest absolute Gasteiger partial charge is 0.255 e. The molecule has 2 rings (SSSR count). The van der Waals surface area contributed by atoms with E-state index in [0.29, 0.717) is 22.0 Å². The van der Waals surface area contributed by atoms with E-state index >= 15 is 0 Å². The van der Waals surface area contributed by atoms with Crippen molar-refractivity contribution in [2.75, 3.05) is 11.1 Å². The fourth-order valence-corrected chi connectivity index (χ4v) is 2.14. The summed E-state index contributed by atoms with van der Waals surface area (Å²) in [5.41, 5.74) is 8.37. The lowest BCUT2D eigenvalue weighted by atomic mass is 10.1. The first-order valence-electron chi connectivity index (χ1n) is 5.60. The van der Waals surface area contributed by atoms with Crippen LogP contribution in [0.5, 0.6) is 0 Å². The van der Waals surface area contributed by atoms with Gasteiger partial charge in [0.2, 0.25) is 0 Å². The molecule has 0 aliphatic rings. The molecular weight excluding hydrogens is 328 g/mol. The Hall–Kier alpha value is -1.52. The second-order valence-corrected chi connectivity index (χ2v) is 5.42. The van der Waals surface area contributed by atoms with Crippen LogP contribution in [0.15, 0.2) is 40.9 Å². The summed E-state index contributed by atoms with van der Waals surface area (Å²) < 4.78 is 0.788. The maximum absolute atomic E-state index is 12.1. The maximum Gasteiger partial charge on any atom is 0.255 e. The van der Waals surface area contributed by atoms with Crippen LogP contribution in [0.25, 0.3) is 0 Å². The van der Waals surface area contributed by atoms with Gasteiger partial charge in [-0.3, -0.25) is 4.79 Å². The molecule has 0 aliphatic heterocycles. The first-order chi connectivity index (χ1) is 8.97. The molecule has 3 N–H and O–H groups in total. The van der Waals surface area contributed by atoms with E-state index in [1.807, 2.05) is 6.92 Å². The monoisotopic (exact) mass is 338 g/mol.